The number of rotatable bonds is 6. The lowest BCUT2D eigenvalue weighted by atomic mass is 9.99. The van der Waals surface area contributed by atoms with Crippen LogP contribution in [0.4, 0.5) is 0 Å². The van der Waals surface area contributed by atoms with Gasteiger partial charge < -0.3 is 10.1 Å². The van der Waals surface area contributed by atoms with Crippen LogP contribution in [-0.4, -0.2) is 13.2 Å². The van der Waals surface area contributed by atoms with Gasteiger partial charge in [0, 0.05) is 12.1 Å². The normalized spacial score (nSPS) is 16.3. The lowest BCUT2D eigenvalue weighted by Gasteiger charge is -2.25. The number of ether oxygens (including phenoxy) is 1. The molecule has 1 aromatic rings. The molecule has 0 radical (unpaired) electrons. The summed E-state index contributed by atoms with van der Waals surface area (Å²) >= 11 is 0. The summed E-state index contributed by atoms with van der Waals surface area (Å²) < 4.78 is 5.25. The molecule has 2 heteroatoms. The third kappa shape index (κ3) is 4.04. The van der Waals surface area contributed by atoms with Gasteiger partial charge in [-0.15, -0.1) is 0 Å². The van der Waals surface area contributed by atoms with E-state index in [2.05, 4.69) is 45.1 Å². The van der Waals surface area contributed by atoms with Crippen LogP contribution in [0.1, 0.15) is 45.7 Å². The Labute approximate surface area is 105 Å². The third-order valence-electron chi connectivity index (χ3n) is 3.60. The SMILES string of the molecule is CCC(C)C(C)NC(C)c1cccc(OC)c1. The molecule has 0 fully saturated rings. The van der Waals surface area contributed by atoms with Crippen molar-refractivity contribution >= 4 is 0 Å². The summed E-state index contributed by atoms with van der Waals surface area (Å²) in [4.78, 5) is 0. The van der Waals surface area contributed by atoms with E-state index < -0.39 is 0 Å². The van der Waals surface area contributed by atoms with Crippen molar-refractivity contribution in [3.63, 3.8) is 0 Å². The van der Waals surface area contributed by atoms with Gasteiger partial charge in [0.25, 0.3) is 0 Å². The zero-order valence-electron chi connectivity index (χ0n) is 11.7. The van der Waals surface area contributed by atoms with Crippen LogP contribution < -0.4 is 10.1 Å². The molecular weight excluding hydrogens is 210 g/mol. The Morgan fingerprint density at radius 2 is 1.94 bits per heavy atom. The predicted molar refractivity (Wildman–Crippen MR) is 73.5 cm³/mol. The van der Waals surface area contributed by atoms with Crippen LogP contribution in [-0.2, 0) is 0 Å². The van der Waals surface area contributed by atoms with Crippen molar-refractivity contribution in [1.29, 1.82) is 0 Å². The highest BCUT2D eigenvalue weighted by atomic mass is 16.5. The molecule has 0 saturated carbocycles. The highest BCUT2D eigenvalue weighted by Crippen LogP contribution is 2.20. The minimum atomic E-state index is 0.356. The van der Waals surface area contributed by atoms with E-state index in [0.717, 1.165) is 5.75 Å². The summed E-state index contributed by atoms with van der Waals surface area (Å²) in [6.07, 6.45) is 1.21. The van der Waals surface area contributed by atoms with Gasteiger partial charge in [0.05, 0.1) is 7.11 Å². The number of nitrogens with one attached hydrogen (secondary N) is 1. The molecule has 0 amide bonds. The van der Waals surface area contributed by atoms with Crippen molar-refractivity contribution < 1.29 is 4.74 Å². The van der Waals surface area contributed by atoms with Crippen molar-refractivity contribution in [3.05, 3.63) is 29.8 Å². The van der Waals surface area contributed by atoms with Gasteiger partial charge in [-0.3, -0.25) is 0 Å². The molecule has 17 heavy (non-hydrogen) atoms. The first kappa shape index (κ1) is 14.0. The Morgan fingerprint density at radius 1 is 1.24 bits per heavy atom. The fraction of sp³-hybridized carbons (Fsp3) is 0.600. The molecule has 96 valence electrons. The molecule has 0 heterocycles. The van der Waals surface area contributed by atoms with Crippen LogP contribution in [0.3, 0.4) is 0 Å². The van der Waals surface area contributed by atoms with Gasteiger partial charge in [-0.05, 0) is 37.5 Å². The lowest BCUT2D eigenvalue weighted by Crippen LogP contribution is -2.33. The first-order valence-corrected chi connectivity index (χ1v) is 6.48. The summed E-state index contributed by atoms with van der Waals surface area (Å²) in [6, 6.07) is 9.15. The lowest BCUT2D eigenvalue weighted by molar-refractivity contribution is 0.359. The molecule has 0 aromatic heterocycles. The third-order valence-corrected chi connectivity index (χ3v) is 3.60. The molecule has 1 rings (SSSR count). The molecular formula is C15H25NO. The van der Waals surface area contributed by atoms with Crippen molar-refractivity contribution in [2.75, 3.05) is 7.11 Å². The average molecular weight is 235 g/mol. The van der Waals surface area contributed by atoms with E-state index >= 15 is 0 Å². The minimum absolute atomic E-state index is 0.356. The Morgan fingerprint density at radius 3 is 2.53 bits per heavy atom. The molecule has 0 bridgehead atoms. The largest absolute Gasteiger partial charge is 0.497 e. The van der Waals surface area contributed by atoms with Crippen LogP contribution in [0.25, 0.3) is 0 Å². The smallest absolute Gasteiger partial charge is 0.119 e. The van der Waals surface area contributed by atoms with E-state index in [0.29, 0.717) is 18.0 Å². The van der Waals surface area contributed by atoms with Gasteiger partial charge >= 0.3 is 0 Å². The molecule has 0 aliphatic rings. The second-order valence-electron chi connectivity index (χ2n) is 4.84. The fourth-order valence-electron chi connectivity index (χ4n) is 1.92. The van der Waals surface area contributed by atoms with E-state index in [1.165, 1.54) is 12.0 Å². The molecule has 1 aromatic carbocycles. The minimum Gasteiger partial charge on any atom is -0.497 e. The maximum absolute atomic E-state index is 5.25. The summed E-state index contributed by atoms with van der Waals surface area (Å²) in [5.74, 6) is 1.62. The monoisotopic (exact) mass is 235 g/mol. The average Bonchev–Trinajstić information content (AvgIpc) is 2.37. The van der Waals surface area contributed by atoms with Crippen molar-refractivity contribution in [2.45, 2.75) is 46.2 Å². The summed E-state index contributed by atoms with van der Waals surface area (Å²) in [5, 5.41) is 3.64. The maximum Gasteiger partial charge on any atom is 0.119 e. The van der Waals surface area contributed by atoms with E-state index in [-0.39, 0.29) is 0 Å². The molecule has 1 N–H and O–H groups in total. The number of hydrogen-bond donors (Lipinski definition) is 1. The van der Waals surface area contributed by atoms with E-state index in [1.54, 1.807) is 7.11 Å². The van der Waals surface area contributed by atoms with Crippen molar-refractivity contribution in [2.24, 2.45) is 5.92 Å². The zero-order chi connectivity index (χ0) is 12.8. The van der Waals surface area contributed by atoms with Gasteiger partial charge in [0.2, 0.25) is 0 Å². The second-order valence-corrected chi connectivity index (χ2v) is 4.84. The Kier molecular flexibility index (Phi) is 5.49. The van der Waals surface area contributed by atoms with Crippen molar-refractivity contribution in [3.8, 4) is 5.75 Å². The maximum atomic E-state index is 5.25. The van der Waals surface area contributed by atoms with E-state index in [9.17, 15) is 0 Å². The van der Waals surface area contributed by atoms with Gasteiger partial charge in [-0.25, -0.2) is 0 Å². The highest BCUT2D eigenvalue weighted by Gasteiger charge is 2.14. The molecule has 2 nitrogen and oxygen atoms in total. The number of benzene rings is 1. The quantitative estimate of drug-likeness (QED) is 0.810. The Bertz CT molecular complexity index is 337. The standard InChI is InChI=1S/C15H25NO/c1-6-11(2)12(3)16-13(4)14-8-7-9-15(10-14)17-5/h7-13,16H,6H2,1-5H3. The Balaban J connectivity index is 2.65. The Hall–Kier alpha value is -1.02. The summed E-state index contributed by atoms with van der Waals surface area (Å²) in [7, 11) is 1.71. The zero-order valence-corrected chi connectivity index (χ0v) is 11.7. The molecule has 0 aliphatic heterocycles. The van der Waals surface area contributed by atoms with Gasteiger partial charge in [0.1, 0.15) is 5.75 Å². The molecule has 0 spiro atoms. The van der Waals surface area contributed by atoms with Crippen LogP contribution in [0, 0.1) is 5.92 Å². The van der Waals surface area contributed by atoms with Gasteiger partial charge in [-0.1, -0.05) is 32.4 Å². The van der Waals surface area contributed by atoms with Crippen LogP contribution in [0.5, 0.6) is 5.75 Å². The number of hydrogen-bond acceptors (Lipinski definition) is 2. The van der Waals surface area contributed by atoms with Crippen LogP contribution in [0.15, 0.2) is 24.3 Å². The van der Waals surface area contributed by atoms with Crippen molar-refractivity contribution in [1.82, 2.24) is 5.32 Å². The van der Waals surface area contributed by atoms with E-state index in [4.69, 9.17) is 4.74 Å². The van der Waals surface area contributed by atoms with Crippen LogP contribution >= 0.6 is 0 Å². The van der Waals surface area contributed by atoms with Crippen LogP contribution in [0.2, 0.25) is 0 Å². The molecule has 0 aliphatic carbocycles. The molecule has 3 atom stereocenters. The second kappa shape index (κ2) is 6.65. The number of methoxy groups -OCH3 is 1. The summed E-state index contributed by atoms with van der Waals surface area (Å²) in [6.45, 7) is 8.98. The summed E-state index contributed by atoms with van der Waals surface area (Å²) in [5.41, 5.74) is 1.28. The fourth-order valence-corrected chi connectivity index (χ4v) is 1.92. The highest BCUT2D eigenvalue weighted by molar-refractivity contribution is 5.30. The first-order chi connectivity index (χ1) is 8.08. The first-order valence-electron chi connectivity index (χ1n) is 6.48. The molecule has 0 saturated heterocycles. The van der Waals surface area contributed by atoms with Gasteiger partial charge in [0.15, 0.2) is 0 Å². The predicted octanol–water partition coefficient (Wildman–Crippen LogP) is 3.78. The van der Waals surface area contributed by atoms with Gasteiger partial charge in [-0.2, -0.15) is 0 Å². The van der Waals surface area contributed by atoms with E-state index in [1.807, 2.05) is 12.1 Å². The molecule has 3 unspecified atom stereocenters. The topological polar surface area (TPSA) is 21.3 Å².